The molecule has 0 aliphatic heterocycles. The molecular weight excluding hydrogens is 446 g/mol. The maximum Gasteiger partial charge on any atom is 0.127 e. The molecule has 0 heterocycles. The van der Waals surface area contributed by atoms with Gasteiger partial charge in [-0.2, -0.15) is 0 Å². The number of oxime groups is 1. The summed E-state index contributed by atoms with van der Waals surface area (Å²) < 4.78 is 10.6. The summed E-state index contributed by atoms with van der Waals surface area (Å²) in [5.74, 6) is 0. The van der Waals surface area contributed by atoms with Gasteiger partial charge in [-0.25, -0.2) is 0 Å². The van der Waals surface area contributed by atoms with E-state index in [4.69, 9.17) is 14.3 Å². The van der Waals surface area contributed by atoms with Crippen molar-refractivity contribution < 1.29 is 14.3 Å². The summed E-state index contributed by atoms with van der Waals surface area (Å²) >= 11 is 0. The average Bonchev–Trinajstić information content (AvgIpc) is 2.88. The highest BCUT2D eigenvalue weighted by Crippen LogP contribution is 2.18. The van der Waals surface area contributed by atoms with Gasteiger partial charge in [0.25, 0.3) is 0 Å². The van der Waals surface area contributed by atoms with Gasteiger partial charge in [-0.05, 0) is 32.6 Å². The second kappa shape index (κ2) is 30.6. The van der Waals surface area contributed by atoms with E-state index in [1.807, 2.05) is 0 Å². The first-order valence-electron chi connectivity index (χ1n) is 16.0. The van der Waals surface area contributed by atoms with E-state index < -0.39 is 0 Å². The molecule has 0 aromatic carbocycles. The van der Waals surface area contributed by atoms with Gasteiger partial charge in [-0.1, -0.05) is 135 Å². The Morgan fingerprint density at radius 2 is 0.972 bits per heavy atom. The number of hydrogen-bond acceptors (Lipinski definition) is 4. The highest BCUT2D eigenvalue weighted by Gasteiger charge is 2.10. The fourth-order valence-electron chi connectivity index (χ4n) is 4.64. The molecule has 0 bridgehead atoms. The van der Waals surface area contributed by atoms with Crippen LogP contribution in [0.1, 0.15) is 168 Å². The first-order valence-corrected chi connectivity index (χ1v) is 16.0. The Bertz CT molecular complexity index is 417. The van der Waals surface area contributed by atoms with Gasteiger partial charge < -0.3 is 14.3 Å². The van der Waals surface area contributed by atoms with Crippen LogP contribution >= 0.6 is 0 Å². The molecule has 0 spiro atoms. The normalized spacial score (nSPS) is 12.1. The van der Waals surface area contributed by atoms with Crippen LogP contribution in [0.25, 0.3) is 0 Å². The van der Waals surface area contributed by atoms with Crippen LogP contribution in [0.2, 0.25) is 0 Å². The van der Waals surface area contributed by atoms with Gasteiger partial charge >= 0.3 is 0 Å². The van der Waals surface area contributed by atoms with E-state index >= 15 is 0 Å². The maximum atomic E-state index is 6.06. The van der Waals surface area contributed by atoms with Crippen LogP contribution in [0.3, 0.4) is 0 Å². The van der Waals surface area contributed by atoms with E-state index in [9.17, 15) is 0 Å². The van der Waals surface area contributed by atoms with Gasteiger partial charge in [-0.15, -0.1) is 0 Å². The van der Waals surface area contributed by atoms with Crippen LogP contribution in [0.15, 0.2) is 5.16 Å². The lowest BCUT2D eigenvalue weighted by atomic mass is 10.0. The molecule has 0 amide bonds. The van der Waals surface area contributed by atoms with Crippen molar-refractivity contribution in [2.45, 2.75) is 175 Å². The molecule has 0 saturated carbocycles. The molecule has 0 saturated heterocycles. The number of hydrogen-bond donors (Lipinski definition) is 0. The number of ether oxygens (including phenoxy) is 2. The van der Waals surface area contributed by atoms with Gasteiger partial charge in [0, 0.05) is 13.5 Å². The molecule has 0 radical (unpaired) electrons. The molecule has 216 valence electrons. The van der Waals surface area contributed by atoms with Crippen LogP contribution in [0.5, 0.6) is 0 Å². The van der Waals surface area contributed by atoms with Crippen molar-refractivity contribution in [2.24, 2.45) is 5.16 Å². The standard InChI is InChI=1S/C32H65NO3/c1-5-7-9-11-13-15-17-19-21-23-25-32(36-33-31(3)27-28-35-30-29-34-4)26-24-22-20-18-16-14-12-10-8-6-2/h32H,5-30H2,1-4H3/b33-31-. The highest BCUT2D eigenvalue weighted by molar-refractivity contribution is 5.81. The van der Waals surface area contributed by atoms with Crippen molar-refractivity contribution >= 4 is 5.71 Å². The topological polar surface area (TPSA) is 40.0 Å². The third-order valence-electron chi connectivity index (χ3n) is 7.16. The molecule has 36 heavy (non-hydrogen) atoms. The van der Waals surface area contributed by atoms with Gasteiger partial charge in [0.1, 0.15) is 6.10 Å². The predicted molar refractivity (Wildman–Crippen MR) is 158 cm³/mol. The average molecular weight is 512 g/mol. The van der Waals surface area contributed by atoms with Gasteiger partial charge in [0.05, 0.1) is 25.5 Å². The zero-order valence-corrected chi connectivity index (χ0v) is 25.1. The first-order chi connectivity index (χ1) is 17.7. The first kappa shape index (κ1) is 35.4. The van der Waals surface area contributed by atoms with Gasteiger partial charge in [-0.3, -0.25) is 0 Å². The van der Waals surface area contributed by atoms with Gasteiger partial charge in [0.2, 0.25) is 0 Å². The lowest BCUT2D eigenvalue weighted by Gasteiger charge is -2.16. The summed E-state index contributed by atoms with van der Waals surface area (Å²) in [6.45, 7) is 8.61. The van der Waals surface area contributed by atoms with Crippen molar-refractivity contribution in [1.82, 2.24) is 0 Å². The minimum Gasteiger partial charge on any atom is -0.393 e. The zero-order chi connectivity index (χ0) is 26.4. The Kier molecular flexibility index (Phi) is 30.1. The Hall–Kier alpha value is -0.610. The van der Waals surface area contributed by atoms with Gasteiger partial charge in [0.15, 0.2) is 0 Å². The monoisotopic (exact) mass is 511 g/mol. The summed E-state index contributed by atoms with van der Waals surface area (Å²) in [5, 5.41) is 4.48. The van der Waals surface area contributed by atoms with Crippen LogP contribution in [-0.2, 0) is 14.3 Å². The summed E-state index contributed by atoms with van der Waals surface area (Å²) in [4.78, 5) is 6.06. The van der Waals surface area contributed by atoms with Crippen molar-refractivity contribution in [3.63, 3.8) is 0 Å². The Labute approximate surface area is 226 Å². The lowest BCUT2D eigenvalue weighted by Crippen LogP contribution is -2.12. The third kappa shape index (κ3) is 28.0. The molecule has 0 aliphatic carbocycles. The van der Waals surface area contributed by atoms with E-state index in [0.717, 1.165) is 25.0 Å². The second-order valence-electron chi connectivity index (χ2n) is 10.9. The number of methoxy groups -OCH3 is 1. The number of unbranched alkanes of at least 4 members (excludes halogenated alkanes) is 18. The maximum absolute atomic E-state index is 6.06. The molecule has 0 unspecified atom stereocenters. The fraction of sp³-hybridized carbons (Fsp3) is 0.969. The molecular formula is C32H65NO3. The molecule has 0 N–H and O–H groups in total. The quantitative estimate of drug-likeness (QED) is 0.0547. The van der Waals surface area contributed by atoms with Crippen molar-refractivity contribution in [3.05, 3.63) is 0 Å². The van der Waals surface area contributed by atoms with Crippen LogP contribution in [0.4, 0.5) is 0 Å². The Morgan fingerprint density at radius 3 is 1.39 bits per heavy atom. The zero-order valence-electron chi connectivity index (χ0n) is 25.1. The van der Waals surface area contributed by atoms with Crippen LogP contribution < -0.4 is 0 Å². The molecule has 0 atom stereocenters. The summed E-state index contributed by atoms with van der Waals surface area (Å²) in [6, 6.07) is 0. The molecule has 0 aromatic rings. The molecule has 0 aliphatic rings. The Morgan fingerprint density at radius 1 is 0.556 bits per heavy atom. The van der Waals surface area contributed by atoms with E-state index in [-0.39, 0.29) is 6.10 Å². The molecule has 0 rings (SSSR count). The van der Waals surface area contributed by atoms with E-state index in [1.165, 1.54) is 128 Å². The smallest absolute Gasteiger partial charge is 0.127 e. The molecule has 0 aromatic heterocycles. The minimum atomic E-state index is 0.275. The summed E-state index contributed by atoms with van der Waals surface area (Å²) in [7, 11) is 1.70. The number of nitrogens with zero attached hydrogens (tertiary/aromatic N) is 1. The van der Waals surface area contributed by atoms with Crippen molar-refractivity contribution in [2.75, 3.05) is 26.9 Å². The van der Waals surface area contributed by atoms with E-state index in [0.29, 0.717) is 19.8 Å². The largest absolute Gasteiger partial charge is 0.393 e. The Balaban J connectivity index is 4.08. The van der Waals surface area contributed by atoms with Crippen LogP contribution in [-0.4, -0.2) is 38.7 Å². The second-order valence-corrected chi connectivity index (χ2v) is 10.9. The summed E-state index contributed by atoms with van der Waals surface area (Å²) in [5.41, 5.74) is 1.03. The lowest BCUT2D eigenvalue weighted by molar-refractivity contribution is 0.0413. The fourth-order valence-corrected chi connectivity index (χ4v) is 4.64. The van der Waals surface area contributed by atoms with E-state index in [2.05, 4.69) is 25.9 Å². The van der Waals surface area contributed by atoms with Crippen LogP contribution in [0, 0.1) is 0 Å². The third-order valence-corrected chi connectivity index (χ3v) is 7.16. The minimum absolute atomic E-state index is 0.275. The molecule has 4 nitrogen and oxygen atoms in total. The van der Waals surface area contributed by atoms with Crippen molar-refractivity contribution in [1.29, 1.82) is 0 Å². The van der Waals surface area contributed by atoms with E-state index in [1.54, 1.807) is 7.11 Å². The SMILES string of the molecule is CCCCCCCCCCCCC(CCCCCCCCCCCC)O/N=C(/C)CCOCCOC. The molecule has 4 heteroatoms. The molecule has 0 fully saturated rings. The number of rotatable bonds is 30. The highest BCUT2D eigenvalue weighted by atomic mass is 16.6. The summed E-state index contributed by atoms with van der Waals surface area (Å²) in [6.07, 6.45) is 31.0. The predicted octanol–water partition coefficient (Wildman–Crippen LogP) is 10.4. The van der Waals surface area contributed by atoms with Crippen molar-refractivity contribution in [3.8, 4) is 0 Å².